The first kappa shape index (κ1) is 9.56. The monoisotopic (exact) mass is 190 g/mol. The fraction of sp³-hybridized carbons (Fsp3) is 0.500. The van der Waals surface area contributed by atoms with Crippen molar-refractivity contribution in [1.29, 1.82) is 0 Å². The molecule has 1 amide bonds. The lowest BCUT2D eigenvalue weighted by Gasteiger charge is -2.00. The Morgan fingerprint density at radius 3 is 2.69 bits per heavy atom. The number of primary amides is 1. The molecule has 0 aliphatic heterocycles. The van der Waals surface area contributed by atoms with Crippen molar-refractivity contribution in [3.8, 4) is 0 Å². The fourth-order valence-corrected chi connectivity index (χ4v) is 0.892. The van der Waals surface area contributed by atoms with Gasteiger partial charge in [-0.15, -0.1) is 5.10 Å². The van der Waals surface area contributed by atoms with Crippen molar-refractivity contribution in [3.05, 3.63) is 11.4 Å². The van der Waals surface area contributed by atoms with Gasteiger partial charge in [0.15, 0.2) is 5.69 Å². The van der Waals surface area contributed by atoms with Crippen molar-refractivity contribution in [2.24, 2.45) is 5.73 Å². The number of amides is 1. The van der Waals surface area contributed by atoms with E-state index in [4.69, 9.17) is 5.73 Å². The van der Waals surface area contributed by atoms with Crippen molar-refractivity contribution in [1.82, 2.24) is 15.0 Å². The van der Waals surface area contributed by atoms with Crippen LogP contribution in [-0.2, 0) is 6.54 Å². The number of rotatable bonds is 3. The van der Waals surface area contributed by atoms with Gasteiger partial charge in [-0.3, -0.25) is 4.79 Å². The van der Waals surface area contributed by atoms with Crippen LogP contribution in [0.25, 0.3) is 0 Å². The molecule has 1 rings (SSSR count). The Labute approximate surface area is 72.5 Å². The highest BCUT2D eigenvalue weighted by atomic mass is 19.3. The SMILES string of the molecule is Cc1c(C(N)=O)nnn1CC(F)F. The molecule has 0 spiro atoms. The van der Waals surface area contributed by atoms with Gasteiger partial charge in [0.05, 0.1) is 5.69 Å². The van der Waals surface area contributed by atoms with Crippen LogP contribution in [0.1, 0.15) is 16.2 Å². The average molecular weight is 190 g/mol. The van der Waals surface area contributed by atoms with Crippen LogP contribution >= 0.6 is 0 Å². The predicted octanol–water partition coefficient (Wildman–Crippen LogP) is -0.0495. The van der Waals surface area contributed by atoms with Gasteiger partial charge in [0, 0.05) is 0 Å². The number of aromatic nitrogens is 3. The van der Waals surface area contributed by atoms with Crippen molar-refractivity contribution in [3.63, 3.8) is 0 Å². The third kappa shape index (κ3) is 1.98. The van der Waals surface area contributed by atoms with Gasteiger partial charge in [-0.2, -0.15) is 0 Å². The molecule has 0 aliphatic rings. The van der Waals surface area contributed by atoms with E-state index in [1.807, 2.05) is 0 Å². The van der Waals surface area contributed by atoms with Gasteiger partial charge in [0.2, 0.25) is 0 Å². The molecule has 1 heterocycles. The molecule has 0 radical (unpaired) electrons. The van der Waals surface area contributed by atoms with Crippen LogP contribution in [0.3, 0.4) is 0 Å². The van der Waals surface area contributed by atoms with Crippen LogP contribution < -0.4 is 5.73 Å². The molecule has 1 aromatic rings. The Morgan fingerprint density at radius 1 is 1.69 bits per heavy atom. The topological polar surface area (TPSA) is 73.8 Å². The lowest BCUT2D eigenvalue weighted by atomic mass is 10.3. The summed E-state index contributed by atoms with van der Waals surface area (Å²) in [6, 6.07) is 0. The molecule has 0 unspecified atom stereocenters. The minimum atomic E-state index is -2.53. The highest BCUT2D eigenvalue weighted by molar-refractivity contribution is 5.91. The molecule has 0 aliphatic carbocycles. The number of hydrogen-bond acceptors (Lipinski definition) is 3. The zero-order valence-corrected chi connectivity index (χ0v) is 6.87. The summed E-state index contributed by atoms with van der Waals surface area (Å²) >= 11 is 0. The lowest BCUT2D eigenvalue weighted by Crippen LogP contribution is -2.14. The van der Waals surface area contributed by atoms with E-state index < -0.39 is 18.9 Å². The molecule has 0 aromatic carbocycles. The molecule has 5 nitrogen and oxygen atoms in total. The van der Waals surface area contributed by atoms with Crippen molar-refractivity contribution in [2.75, 3.05) is 0 Å². The average Bonchev–Trinajstić information content (AvgIpc) is 2.32. The van der Waals surface area contributed by atoms with Crippen LogP contribution in [0.2, 0.25) is 0 Å². The van der Waals surface area contributed by atoms with E-state index >= 15 is 0 Å². The summed E-state index contributed by atoms with van der Waals surface area (Å²) in [6.45, 7) is 0.884. The standard InChI is InChI=1S/C6H8F2N4O/c1-3-5(6(9)13)10-11-12(3)2-4(7)8/h4H,2H2,1H3,(H2,9,13). The lowest BCUT2D eigenvalue weighted by molar-refractivity contribution is 0.0993. The molecule has 7 heteroatoms. The Morgan fingerprint density at radius 2 is 2.31 bits per heavy atom. The van der Waals surface area contributed by atoms with E-state index in [1.165, 1.54) is 6.92 Å². The van der Waals surface area contributed by atoms with Crippen molar-refractivity contribution >= 4 is 5.91 Å². The Balaban J connectivity index is 2.93. The molecule has 72 valence electrons. The smallest absolute Gasteiger partial charge is 0.271 e. The van der Waals surface area contributed by atoms with E-state index in [2.05, 4.69) is 10.3 Å². The number of carbonyl (C=O) groups is 1. The van der Waals surface area contributed by atoms with Crippen molar-refractivity contribution in [2.45, 2.75) is 19.9 Å². The van der Waals surface area contributed by atoms with Crippen LogP contribution in [-0.4, -0.2) is 27.3 Å². The number of nitrogens with zero attached hydrogens (tertiary/aromatic N) is 3. The maximum atomic E-state index is 11.9. The summed E-state index contributed by atoms with van der Waals surface area (Å²) in [5.41, 5.74) is 5.10. The molecule has 1 aromatic heterocycles. The second-order valence-corrected chi connectivity index (χ2v) is 2.46. The summed E-state index contributed by atoms with van der Waals surface area (Å²) in [7, 11) is 0. The summed E-state index contributed by atoms with van der Waals surface area (Å²) in [5, 5.41) is 6.74. The molecule has 0 saturated heterocycles. The molecular weight excluding hydrogens is 182 g/mol. The van der Waals surface area contributed by atoms with Crippen LogP contribution in [0.4, 0.5) is 8.78 Å². The molecule has 0 saturated carbocycles. The molecule has 2 N–H and O–H groups in total. The quantitative estimate of drug-likeness (QED) is 0.726. The van der Waals surface area contributed by atoms with E-state index in [9.17, 15) is 13.6 Å². The number of alkyl halides is 2. The third-order valence-electron chi connectivity index (χ3n) is 1.53. The second kappa shape index (κ2) is 3.46. The van der Waals surface area contributed by atoms with Gasteiger partial charge in [-0.05, 0) is 6.92 Å². The third-order valence-corrected chi connectivity index (χ3v) is 1.53. The van der Waals surface area contributed by atoms with Gasteiger partial charge < -0.3 is 5.73 Å². The van der Waals surface area contributed by atoms with E-state index in [0.29, 0.717) is 0 Å². The predicted molar refractivity (Wildman–Crippen MR) is 39.3 cm³/mol. The zero-order valence-electron chi connectivity index (χ0n) is 6.87. The Hall–Kier alpha value is -1.53. The number of halogens is 2. The largest absolute Gasteiger partial charge is 0.364 e. The maximum absolute atomic E-state index is 11.9. The first-order valence-corrected chi connectivity index (χ1v) is 3.50. The second-order valence-electron chi connectivity index (χ2n) is 2.46. The first-order chi connectivity index (χ1) is 6.02. The molecular formula is C6H8F2N4O. The highest BCUT2D eigenvalue weighted by Gasteiger charge is 2.15. The number of nitrogens with two attached hydrogens (primary N) is 1. The Bertz CT molecular complexity index is 322. The van der Waals surface area contributed by atoms with Gasteiger partial charge >= 0.3 is 0 Å². The number of carbonyl (C=O) groups excluding carboxylic acids is 1. The first-order valence-electron chi connectivity index (χ1n) is 3.50. The number of hydrogen-bond donors (Lipinski definition) is 1. The summed E-state index contributed by atoms with van der Waals surface area (Å²) in [5.74, 6) is -0.766. The van der Waals surface area contributed by atoms with Crippen LogP contribution in [0.5, 0.6) is 0 Å². The van der Waals surface area contributed by atoms with Gasteiger partial charge in [-0.1, -0.05) is 5.21 Å². The molecule has 0 bridgehead atoms. The fourth-order valence-electron chi connectivity index (χ4n) is 0.892. The molecule has 0 atom stereocenters. The summed E-state index contributed by atoms with van der Waals surface area (Å²) in [6.07, 6.45) is -2.53. The maximum Gasteiger partial charge on any atom is 0.271 e. The van der Waals surface area contributed by atoms with E-state index in [1.54, 1.807) is 0 Å². The van der Waals surface area contributed by atoms with Gasteiger partial charge in [0.25, 0.3) is 12.3 Å². The van der Waals surface area contributed by atoms with Crippen molar-refractivity contribution < 1.29 is 13.6 Å². The molecule has 13 heavy (non-hydrogen) atoms. The Kier molecular flexibility index (Phi) is 2.54. The highest BCUT2D eigenvalue weighted by Crippen LogP contribution is 2.05. The molecule has 0 fully saturated rings. The van der Waals surface area contributed by atoms with Crippen LogP contribution in [0, 0.1) is 6.92 Å². The summed E-state index contributed by atoms with van der Waals surface area (Å²) < 4.78 is 24.8. The van der Waals surface area contributed by atoms with E-state index in [-0.39, 0.29) is 11.4 Å². The van der Waals surface area contributed by atoms with Crippen LogP contribution in [0.15, 0.2) is 0 Å². The minimum Gasteiger partial charge on any atom is -0.364 e. The summed E-state index contributed by atoms with van der Waals surface area (Å²) in [4.78, 5) is 10.6. The van der Waals surface area contributed by atoms with E-state index in [0.717, 1.165) is 4.68 Å². The normalized spacial score (nSPS) is 10.8. The minimum absolute atomic E-state index is 0.0688. The van der Waals surface area contributed by atoms with Gasteiger partial charge in [-0.25, -0.2) is 13.5 Å². The van der Waals surface area contributed by atoms with Gasteiger partial charge in [0.1, 0.15) is 6.54 Å². The zero-order chi connectivity index (χ0) is 10.0.